The van der Waals surface area contributed by atoms with Gasteiger partial charge in [-0.15, -0.1) is 10.2 Å². The van der Waals surface area contributed by atoms with Crippen molar-refractivity contribution in [3.63, 3.8) is 0 Å². The van der Waals surface area contributed by atoms with Crippen LogP contribution < -0.4 is 11.6 Å². The van der Waals surface area contributed by atoms with Crippen LogP contribution in [0.5, 0.6) is 0 Å². The van der Waals surface area contributed by atoms with Gasteiger partial charge in [-0.2, -0.15) is 0 Å². The van der Waals surface area contributed by atoms with Crippen molar-refractivity contribution in [2.75, 3.05) is 18.2 Å². The molecule has 0 amide bonds. The molecule has 1 heterocycles. The van der Waals surface area contributed by atoms with E-state index in [-0.39, 0.29) is 18.4 Å². The number of carbonyl (C=O) groups is 1. The predicted octanol–water partition coefficient (Wildman–Crippen LogP) is 0.408. The summed E-state index contributed by atoms with van der Waals surface area (Å²) in [4.78, 5) is 12.1. The van der Waals surface area contributed by atoms with Crippen molar-refractivity contribution in [1.29, 1.82) is 0 Å². The summed E-state index contributed by atoms with van der Waals surface area (Å²) in [5.74, 6) is 3.65. The third kappa shape index (κ3) is 2.53. The summed E-state index contributed by atoms with van der Waals surface area (Å²) in [5.41, 5.74) is 5.86. The third-order valence-electron chi connectivity index (χ3n) is 2.71. The van der Waals surface area contributed by atoms with E-state index in [4.69, 9.17) is 16.3 Å². The number of carbonyl (C=O) groups excluding carboxylic acids is 1. The Balaban J connectivity index is 2.50. The molecule has 0 saturated carbocycles. The highest BCUT2D eigenvalue weighted by Gasteiger charge is 2.30. The number of hydrogen-bond donors (Lipinski definition) is 2. The Hall–Kier alpha value is -2.64. The van der Waals surface area contributed by atoms with Gasteiger partial charge in [-0.1, -0.05) is 12.1 Å². The Bertz CT molecular complexity index is 628. The molecule has 1 atom stereocenters. The van der Waals surface area contributed by atoms with Crippen LogP contribution in [0.2, 0.25) is 0 Å². The van der Waals surface area contributed by atoms with Crippen LogP contribution in [0.15, 0.2) is 24.3 Å². The van der Waals surface area contributed by atoms with E-state index >= 15 is 0 Å². The minimum absolute atomic E-state index is 0.0503. The molecular weight excluding hydrogens is 265 g/mol. The number of rotatable bonds is 4. The highest BCUT2D eigenvalue weighted by Crippen LogP contribution is 2.25. The van der Waals surface area contributed by atoms with Crippen LogP contribution in [0.1, 0.15) is 24.2 Å². The number of benzene rings is 1. The third-order valence-corrected chi connectivity index (χ3v) is 2.71. The lowest BCUT2D eigenvalue weighted by atomic mass is 9.98. The van der Waals surface area contributed by atoms with Crippen LogP contribution in [0.4, 0.5) is 10.3 Å². The topological polar surface area (TPSA) is 109 Å². The van der Waals surface area contributed by atoms with Crippen LogP contribution in [-0.2, 0) is 9.53 Å². The predicted molar refractivity (Wildman–Crippen MR) is 69.5 cm³/mol. The summed E-state index contributed by atoms with van der Waals surface area (Å²) in [6.07, 6.45) is 0. The molecule has 106 valence electrons. The summed E-state index contributed by atoms with van der Waals surface area (Å²) in [7, 11) is 0. The van der Waals surface area contributed by atoms with E-state index in [1.54, 1.807) is 13.0 Å². The molecule has 1 aromatic carbocycles. The van der Waals surface area contributed by atoms with E-state index in [0.717, 1.165) is 4.68 Å². The maximum absolute atomic E-state index is 13.3. The quantitative estimate of drug-likeness (QED) is 0.619. The minimum atomic E-state index is -0.986. The van der Waals surface area contributed by atoms with Gasteiger partial charge in [0.05, 0.1) is 6.61 Å². The molecule has 4 N–H and O–H groups in total. The van der Waals surface area contributed by atoms with Gasteiger partial charge in [0, 0.05) is 0 Å². The molecule has 1 unspecified atom stereocenters. The molecule has 0 fully saturated rings. The maximum Gasteiger partial charge on any atom is 0.321 e. The van der Waals surface area contributed by atoms with Gasteiger partial charge in [-0.3, -0.25) is 4.79 Å². The molecule has 1 aromatic heterocycles. The fraction of sp³-hybridized carbons (Fsp3) is 0.250. The first-order chi connectivity index (χ1) is 9.54. The van der Waals surface area contributed by atoms with E-state index in [0.29, 0.717) is 5.56 Å². The lowest BCUT2D eigenvalue weighted by Gasteiger charge is -2.15. The van der Waals surface area contributed by atoms with E-state index < -0.39 is 17.7 Å². The second-order valence-electron chi connectivity index (χ2n) is 4.03. The Kier molecular flexibility index (Phi) is 3.83. The van der Waals surface area contributed by atoms with E-state index in [2.05, 4.69) is 10.2 Å². The zero-order valence-corrected chi connectivity index (χ0v) is 10.8. The van der Waals surface area contributed by atoms with Gasteiger partial charge in [0.2, 0.25) is 5.95 Å². The molecule has 0 radical (unpaired) electrons. The first kappa shape index (κ1) is 13.8. The number of anilines is 1. The average Bonchev–Trinajstić information content (AvgIpc) is 2.72. The summed E-state index contributed by atoms with van der Waals surface area (Å²) in [6.45, 7) is 1.85. The molecule has 0 bridgehead atoms. The number of hydrogen-bond acceptors (Lipinski definition) is 6. The standard InChI is InChI=1S/C12H14FN5O2/c1-2-20-11(19)9(7-4-3-5-8(13)6-7)10-16-17-12(14)18(10)15/h3-6,9H,2,15H2,1H3,(H2,14,17). The van der Waals surface area contributed by atoms with Crippen LogP contribution in [0, 0.1) is 5.82 Å². The van der Waals surface area contributed by atoms with Crippen molar-refractivity contribution in [1.82, 2.24) is 14.9 Å². The Morgan fingerprint density at radius 2 is 2.25 bits per heavy atom. The molecule has 8 heteroatoms. The minimum Gasteiger partial charge on any atom is -0.465 e. The lowest BCUT2D eigenvalue weighted by molar-refractivity contribution is -0.144. The van der Waals surface area contributed by atoms with Crippen molar-refractivity contribution >= 4 is 11.9 Å². The van der Waals surface area contributed by atoms with Crippen LogP contribution in [0.3, 0.4) is 0 Å². The SMILES string of the molecule is CCOC(=O)C(c1cccc(F)c1)c1nnc(N)n1N. The highest BCUT2D eigenvalue weighted by atomic mass is 19.1. The molecule has 0 aliphatic carbocycles. The zero-order valence-electron chi connectivity index (χ0n) is 10.8. The van der Waals surface area contributed by atoms with Gasteiger partial charge in [-0.05, 0) is 24.6 Å². The first-order valence-corrected chi connectivity index (χ1v) is 5.92. The van der Waals surface area contributed by atoms with Crippen molar-refractivity contribution in [3.05, 3.63) is 41.5 Å². The molecule has 0 spiro atoms. The zero-order chi connectivity index (χ0) is 14.7. The van der Waals surface area contributed by atoms with Crippen molar-refractivity contribution in [2.45, 2.75) is 12.8 Å². The average molecular weight is 279 g/mol. The van der Waals surface area contributed by atoms with E-state index in [9.17, 15) is 9.18 Å². The molecule has 0 aliphatic rings. The lowest BCUT2D eigenvalue weighted by Crippen LogP contribution is -2.25. The van der Waals surface area contributed by atoms with Crippen LogP contribution >= 0.6 is 0 Å². The molecule has 7 nitrogen and oxygen atoms in total. The maximum atomic E-state index is 13.3. The fourth-order valence-corrected chi connectivity index (χ4v) is 1.82. The van der Waals surface area contributed by atoms with Gasteiger partial charge in [0.15, 0.2) is 5.82 Å². The van der Waals surface area contributed by atoms with Gasteiger partial charge in [0.1, 0.15) is 11.7 Å². The first-order valence-electron chi connectivity index (χ1n) is 5.92. The van der Waals surface area contributed by atoms with Gasteiger partial charge < -0.3 is 16.3 Å². The van der Waals surface area contributed by atoms with Gasteiger partial charge in [-0.25, -0.2) is 9.07 Å². The van der Waals surface area contributed by atoms with E-state index in [1.165, 1.54) is 18.2 Å². The summed E-state index contributed by atoms with van der Waals surface area (Å²) < 4.78 is 19.3. The Labute approximate surface area is 114 Å². The smallest absolute Gasteiger partial charge is 0.321 e. The molecule has 0 saturated heterocycles. The monoisotopic (exact) mass is 279 g/mol. The number of aromatic nitrogens is 3. The summed E-state index contributed by atoms with van der Waals surface area (Å²) in [5, 5.41) is 7.36. The highest BCUT2D eigenvalue weighted by molar-refractivity contribution is 5.81. The summed E-state index contributed by atoms with van der Waals surface area (Å²) in [6, 6.07) is 5.55. The second kappa shape index (κ2) is 5.55. The number of nitrogen functional groups attached to an aromatic ring is 2. The number of nitrogens with zero attached hydrogens (tertiary/aromatic N) is 3. The molecule has 0 aliphatic heterocycles. The molecular formula is C12H14FN5O2. The Morgan fingerprint density at radius 1 is 1.50 bits per heavy atom. The van der Waals surface area contributed by atoms with Crippen molar-refractivity contribution in [3.8, 4) is 0 Å². The van der Waals surface area contributed by atoms with Crippen LogP contribution in [0.25, 0.3) is 0 Å². The normalized spacial score (nSPS) is 12.1. The van der Waals surface area contributed by atoms with Crippen molar-refractivity contribution < 1.29 is 13.9 Å². The number of halogens is 1. The Morgan fingerprint density at radius 3 is 2.80 bits per heavy atom. The largest absolute Gasteiger partial charge is 0.465 e. The van der Waals surface area contributed by atoms with Gasteiger partial charge >= 0.3 is 5.97 Å². The number of ether oxygens (including phenoxy) is 1. The number of esters is 1. The summed E-state index contributed by atoms with van der Waals surface area (Å²) >= 11 is 0. The van der Waals surface area contributed by atoms with E-state index in [1.807, 2.05) is 0 Å². The molecule has 2 aromatic rings. The second-order valence-corrected chi connectivity index (χ2v) is 4.03. The number of nitrogens with two attached hydrogens (primary N) is 2. The molecule has 2 rings (SSSR count). The van der Waals surface area contributed by atoms with Crippen LogP contribution in [-0.4, -0.2) is 27.4 Å². The fourth-order valence-electron chi connectivity index (χ4n) is 1.82. The molecule has 20 heavy (non-hydrogen) atoms. The van der Waals surface area contributed by atoms with Crippen molar-refractivity contribution in [2.24, 2.45) is 0 Å². The van der Waals surface area contributed by atoms with Gasteiger partial charge in [0.25, 0.3) is 0 Å².